The fourth-order valence-electron chi connectivity index (χ4n) is 2.00. The van der Waals surface area contributed by atoms with Crippen molar-refractivity contribution in [3.8, 4) is 6.07 Å². The lowest BCUT2D eigenvalue weighted by Crippen LogP contribution is -2.38. The van der Waals surface area contributed by atoms with Gasteiger partial charge >= 0.3 is 0 Å². The third-order valence-electron chi connectivity index (χ3n) is 2.74. The molecule has 0 aliphatic carbocycles. The first-order chi connectivity index (χ1) is 8.12. The summed E-state index contributed by atoms with van der Waals surface area (Å²) in [4.78, 5) is 0. The largest absolute Gasteiger partial charge is 0.372 e. The molecule has 0 amide bonds. The molecule has 2 saturated heterocycles. The van der Waals surface area contributed by atoms with E-state index in [1.54, 1.807) is 0 Å². The maximum atomic E-state index is 8.46. The lowest BCUT2D eigenvalue weighted by Gasteiger charge is -2.34. The number of hydrogen-bond acceptors (Lipinski definition) is 4. The van der Waals surface area contributed by atoms with E-state index in [1.165, 1.54) is 0 Å². The molecule has 2 aliphatic rings. The molecule has 15 heavy (non-hydrogen) atoms. The van der Waals surface area contributed by atoms with Crippen molar-refractivity contribution in [3.05, 3.63) is 0 Å². The molecular formula is C10H17N2O2P. The highest BCUT2D eigenvalue weighted by Gasteiger charge is 2.49. The van der Waals surface area contributed by atoms with Gasteiger partial charge in [-0.15, -0.1) is 0 Å². The van der Waals surface area contributed by atoms with E-state index in [2.05, 4.69) is 10.7 Å². The van der Waals surface area contributed by atoms with Gasteiger partial charge in [0.05, 0.1) is 32.7 Å². The third-order valence-corrected chi connectivity index (χ3v) is 4.46. The number of fused-ring (bicyclic) bond motifs is 2. The molecule has 2 fully saturated rings. The number of nitrogens with zero attached hydrogens (tertiary/aromatic N) is 2. The highest BCUT2D eigenvalue weighted by atomic mass is 31.2. The monoisotopic (exact) mass is 231 g/mol. The predicted molar refractivity (Wildman–Crippen MR) is 58.5 cm³/mol. The van der Waals surface area contributed by atoms with Gasteiger partial charge in [0.25, 0.3) is 0 Å². The molecule has 2 bridgehead atoms. The maximum Gasteiger partial charge on any atom is 0.101 e. The number of ether oxygens (including phenoxy) is 1. The molecule has 0 aromatic carbocycles. The molecule has 2 aliphatic heterocycles. The molecule has 4 nitrogen and oxygen atoms in total. The second-order valence-corrected chi connectivity index (χ2v) is 5.71. The standard InChI is InChI=1S/C10H17N2O2P/c1-10-6-9(7-13-10)12(8-10)15(2)14-5-3-4-11/h9H,3,5-8H2,1-2H3/t9-,10+,15?/m0/s1/i1D,7T/t7-,9+,10-,15?/m1. The van der Waals surface area contributed by atoms with Gasteiger partial charge in [0.2, 0.25) is 0 Å². The Kier molecular flexibility index (Phi) is 2.58. The van der Waals surface area contributed by atoms with Crippen LogP contribution in [0.1, 0.15) is 22.5 Å². The van der Waals surface area contributed by atoms with Crippen LogP contribution in [0.3, 0.4) is 0 Å². The molecule has 2 rings (SSSR count). The zero-order valence-corrected chi connectivity index (χ0v) is 9.74. The van der Waals surface area contributed by atoms with Crippen LogP contribution in [0.5, 0.6) is 0 Å². The lowest BCUT2D eigenvalue weighted by molar-refractivity contribution is -0.0132. The molecule has 0 radical (unpaired) electrons. The van der Waals surface area contributed by atoms with Crippen LogP contribution in [0.15, 0.2) is 0 Å². The minimum atomic E-state index is -0.773. The zero-order valence-electron chi connectivity index (χ0n) is 10.8. The molecule has 5 heteroatoms. The molecule has 84 valence electrons. The van der Waals surface area contributed by atoms with Gasteiger partial charge in [0.15, 0.2) is 0 Å². The Bertz CT molecular complexity index is 328. The van der Waals surface area contributed by atoms with Crippen LogP contribution in [-0.2, 0) is 9.26 Å². The van der Waals surface area contributed by atoms with E-state index in [-0.39, 0.29) is 12.9 Å². The van der Waals surface area contributed by atoms with Crippen LogP contribution in [0.4, 0.5) is 0 Å². The van der Waals surface area contributed by atoms with Crippen molar-refractivity contribution in [2.45, 2.75) is 31.4 Å². The van der Waals surface area contributed by atoms with Gasteiger partial charge in [-0.1, -0.05) is 0 Å². The first-order valence-corrected chi connectivity index (χ1v) is 6.67. The number of morpholine rings is 1. The van der Waals surface area contributed by atoms with Crippen molar-refractivity contribution in [2.24, 2.45) is 0 Å². The molecule has 0 aromatic heterocycles. The van der Waals surface area contributed by atoms with Crippen molar-refractivity contribution >= 4 is 8.30 Å². The van der Waals surface area contributed by atoms with Crippen LogP contribution in [0.2, 0.25) is 0 Å². The van der Waals surface area contributed by atoms with Crippen LogP contribution in [0, 0.1) is 11.3 Å². The quantitative estimate of drug-likeness (QED) is 0.546. The van der Waals surface area contributed by atoms with E-state index in [0.29, 0.717) is 19.6 Å². The van der Waals surface area contributed by atoms with E-state index in [1.807, 2.05) is 6.66 Å². The van der Waals surface area contributed by atoms with Gasteiger partial charge in [0, 0.05) is 14.0 Å². The van der Waals surface area contributed by atoms with Crippen molar-refractivity contribution < 1.29 is 12.0 Å². The van der Waals surface area contributed by atoms with Crippen LogP contribution >= 0.6 is 8.30 Å². The number of rotatable bonds is 4. The molecule has 0 aromatic rings. The summed E-state index contributed by atoms with van der Waals surface area (Å²) >= 11 is 0. The highest BCUT2D eigenvalue weighted by Crippen LogP contribution is 2.49. The topological polar surface area (TPSA) is 45.5 Å². The minimum absolute atomic E-state index is 0.0542. The van der Waals surface area contributed by atoms with Gasteiger partial charge in [-0.25, -0.2) is 0 Å². The summed E-state index contributed by atoms with van der Waals surface area (Å²) in [5, 5.41) is 8.46. The predicted octanol–water partition coefficient (Wildman–Crippen LogP) is 1.72. The SMILES string of the molecule is [2H]C[C@]12C[C@@H]([C@@H]([3H])O1)N(P(C)OCCC#N)C2. The van der Waals surface area contributed by atoms with Gasteiger partial charge in [-0.3, -0.25) is 4.67 Å². The van der Waals surface area contributed by atoms with Crippen LogP contribution < -0.4 is 0 Å². The summed E-state index contributed by atoms with van der Waals surface area (Å²) < 4.78 is 28.7. The summed E-state index contributed by atoms with van der Waals surface area (Å²) in [7, 11) is -0.773. The van der Waals surface area contributed by atoms with E-state index in [4.69, 9.17) is 17.3 Å². The van der Waals surface area contributed by atoms with Gasteiger partial charge in [0.1, 0.15) is 8.30 Å². The summed E-state index contributed by atoms with van der Waals surface area (Å²) in [6.07, 6.45) is 1.16. The van der Waals surface area contributed by atoms with Crippen molar-refractivity contribution in [1.29, 1.82) is 5.26 Å². The van der Waals surface area contributed by atoms with E-state index in [9.17, 15) is 0 Å². The van der Waals surface area contributed by atoms with Crippen molar-refractivity contribution in [3.63, 3.8) is 0 Å². The summed E-state index contributed by atoms with van der Waals surface area (Å²) in [6.45, 7) is 2.78. The Morgan fingerprint density at radius 2 is 2.87 bits per heavy atom. The third kappa shape index (κ3) is 2.32. The summed E-state index contributed by atoms with van der Waals surface area (Å²) in [5.41, 5.74) is -0.452. The number of hydrogen-bond donors (Lipinski definition) is 0. The number of nitriles is 1. The molecule has 4 atom stereocenters. The highest BCUT2D eigenvalue weighted by molar-refractivity contribution is 7.49. The Morgan fingerprint density at radius 3 is 3.53 bits per heavy atom. The van der Waals surface area contributed by atoms with E-state index in [0.717, 1.165) is 6.42 Å². The average molecular weight is 231 g/mol. The van der Waals surface area contributed by atoms with Crippen LogP contribution in [-0.4, -0.2) is 42.7 Å². The Balaban J connectivity index is 1.93. The van der Waals surface area contributed by atoms with Gasteiger partial charge in [-0.05, 0) is 20.0 Å². The molecular weight excluding hydrogens is 211 g/mol. The lowest BCUT2D eigenvalue weighted by atomic mass is 10.1. The maximum absolute atomic E-state index is 8.46. The second-order valence-electron chi connectivity index (χ2n) is 4.01. The average Bonchev–Trinajstić information content (AvgIpc) is 2.84. The second kappa shape index (κ2) is 4.35. The minimum Gasteiger partial charge on any atom is -0.372 e. The fourth-order valence-corrected chi connectivity index (χ4v) is 3.51. The molecule has 2 heterocycles. The van der Waals surface area contributed by atoms with Gasteiger partial charge in [-0.2, -0.15) is 5.26 Å². The fraction of sp³-hybridized carbons (Fsp3) is 0.900. The zero-order chi connectivity index (χ0) is 12.5. The van der Waals surface area contributed by atoms with Crippen LogP contribution in [0.25, 0.3) is 0 Å². The first kappa shape index (κ1) is 8.90. The van der Waals surface area contributed by atoms with Crippen molar-refractivity contribution in [2.75, 3.05) is 26.4 Å². The summed E-state index contributed by atoms with van der Waals surface area (Å²) in [6, 6.07) is 2.10. The molecule has 0 spiro atoms. The van der Waals surface area contributed by atoms with Crippen molar-refractivity contribution in [1.82, 2.24) is 4.67 Å². The Morgan fingerprint density at radius 1 is 2.00 bits per heavy atom. The molecule has 1 unspecified atom stereocenters. The van der Waals surface area contributed by atoms with E-state index < -0.39 is 20.5 Å². The van der Waals surface area contributed by atoms with E-state index >= 15 is 0 Å². The molecule has 0 saturated carbocycles. The summed E-state index contributed by atoms with van der Waals surface area (Å²) in [5.74, 6) is 0. The Hall–Kier alpha value is -0.200. The normalized spacial score (nSPS) is 43.5. The first-order valence-electron chi connectivity index (χ1n) is 6.30. The molecule has 0 N–H and O–H groups in total. The Labute approximate surface area is 94.8 Å². The smallest absolute Gasteiger partial charge is 0.101 e. The van der Waals surface area contributed by atoms with Gasteiger partial charge < -0.3 is 9.26 Å².